The number of rotatable bonds is 4. The van der Waals surface area contributed by atoms with Crippen molar-refractivity contribution >= 4 is 0 Å². The van der Waals surface area contributed by atoms with Crippen LogP contribution in [0.5, 0.6) is 0 Å². The van der Waals surface area contributed by atoms with E-state index in [1.165, 1.54) is 12.5 Å². The van der Waals surface area contributed by atoms with E-state index in [1.54, 1.807) is 0 Å². The fraction of sp³-hybridized carbons (Fsp3) is 0.625. The molecule has 1 heterocycles. The maximum absolute atomic E-state index is 12.5. The van der Waals surface area contributed by atoms with Crippen molar-refractivity contribution in [2.24, 2.45) is 5.92 Å². The standard InChI is InChI=1S/C16H22F3NO/c1-13(11-16(17,18)19)15(21)7-9-20(10-8-15)12-14-5-3-2-4-6-14/h2-6,13,21H,7-12H2,1H3. The van der Waals surface area contributed by atoms with Gasteiger partial charge in [-0.3, -0.25) is 4.90 Å². The van der Waals surface area contributed by atoms with Gasteiger partial charge in [0.2, 0.25) is 0 Å². The number of aliphatic hydroxyl groups is 1. The molecule has 5 heteroatoms. The Bertz CT molecular complexity index is 439. The lowest BCUT2D eigenvalue weighted by Crippen LogP contribution is -2.48. The Morgan fingerprint density at radius 1 is 1.19 bits per heavy atom. The quantitative estimate of drug-likeness (QED) is 0.918. The lowest BCUT2D eigenvalue weighted by molar-refractivity contribution is -0.169. The second kappa shape index (κ2) is 6.36. The van der Waals surface area contributed by atoms with Gasteiger partial charge in [-0.15, -0.1) is 0 Å². The normalized spacial score (nSPS) is 21.2. The number of alkyl halides is 3. The predicted molar refractivity (Wildman–Crippen MR) is 75.7 cm³/mol. The summed E-state index contributed by atoms with van der Waals surface area (Å²) in [6.45, 7) is 3.55. The summed E-state index contributed by atoms with van der Waals surface area (Å²) < 4.78 is 37.4. The number of piperidine rings is 1. The second-order valence-corrected chi connectivity index (χ2v) is 6.09. The number of halogens is 3. The van der Waals surface area contributed by atoms with E-state index in [1.807, 2.05) is 30.3 Å². The fourth-order valence-electron chi connectivity index (χ4n) is 2.97. The number of benzene rings is 1. The minimum Gasteiger partial charge on any atom is -0.390 e. The molecule has 0 spiro atoms. The molecule has 118 valence electrons. The fourth-order valence-corrected chi connectivity index (χ4v) is 2.97. The Balaban J connectivity index is 1.87. The van der Waals surface area contributed by atoms with Crippen LogP contribution in [0.2, 0.25) is 0 Å². The minimum atomic E-state index is -4.21. The van der Waals surface area contributed by atoms with Crippen LogP contribution in [0.25, 0.3) is 0 Å². The first-order valence-corrected chi connectivity index (χ1v) is 7.34. The Hall–Kier alpha value is -1.07. The Morgan fingerprint density at radius 3 is 2.29 bits per heavy atom. The number of nitrogens with zero attached hydrogens (tertiary/aromatic N) is 1. The largest absolute Gasteiger partial charge is 0.390 e. The summed E-state index contributed by atoms with van der Waals surface area (Å²) in [6, 6.07) is 9.97. The third kappa shape index (κ3) is 4.71. The van der Waals surface area contributed by atoms with Gasteiger partial charge in [0.1, 0.15) is 0 Å². The summed E-state index contributed by atoms with van der Waals surface area (Å²) in [4.78, 5) is 2.18. The lowest BCUT2D eigenvalue weighted by atomic mass is 9.78. The lowest BCUT2D eigenvalue weighted by Gasteiger charge is -2.42. The van der Waals surface area contributed by atoms with Gasteiger partial charge in [-0.2, -0.15) is 13.2 Å². The van der Waals surface area contributed by atoms with Crippen LogP contribution >= 0.6 is 0 Å². The molecule has 0 saturated carbocycles. The van der Waals surface area contributed by atoms with Crippen molar-refractivity contribution < 1.29 is 18.3 Å². The van der Waals surface area contributed by atoms with Crippen molar-refractivity contribution in [1.29, 1.82) is 0 Å². The number of hydrogen-bond donors (Lipinski definition) is 1. The summed E-state index contributed by atoms with van der Waals surface area (Å²) in [7, 11) is 0. The molecule has 0 amide bonds. The van der Waals surface area contributed by atoms with Gasteiger partial charge in [0.15, 0.2) is 0 Å². The van der Waals surface area contributed by atoms with E-state index in [-0.39, 0.29) is 0 Å². The molecule has 2 rings (SSSR count). The van der Waals surface area contributed by atoms with Crippen LogP contribution in [0.3, 0.4) is 0 Å². The Kier molecular flexibility index (Phi) is 4.94. The number of likely N-dealkylation sites (tertiary alicyclic amines) is 1. The van der Waals surface area contributed by atoms with Crippen molar-refractivity contribution in [3.63, 3.8) is 0 Å². The van der Waals surface area contributed by atoms with Crippen LogP contribution in [-0.2, 0) is 6.54 Å². The molecule has 1 N–H and O–H groups in total. The molecular formula is C16H22F3NO. The first kappa shape index (κ1) is 16.3. The summed E-state index contributed by atoms with van der Waals surface area (Å²) in [5.74, 6) is -0.753. The third-order valence-electron chi connectivity index (χ3n) is 4.43. The molecule has 1 aliphatic rings. The molecule has 0 radical (unpaired) electrons. The van der Waals surface area contributed by atoms with Gasteiger partial charge >= 0.3 is 6.18 Å². The van der Waals surface area contributed by atoms with E-state index in [4.69, 9.17) is 0 Å². The van der Waals surface area contributed by atoms with Crippen LogP contribution in [0.15, 0.2) is 30.3 Å². The van der Waals surface area contributed by atoms with Gasteiger partial charge in [0.05, 0.1) is 5.60 Å². The summed E-state index contributed by atoms with van der Waals surface area (Å²) in [5.41, 5.74) is -0.00539. The molecule has 1 aromatic rings. The summed E-state index contributed by atoms with van der Waals surface area (Å²) >= 11 is 0. The molecule has 1 atom stereocenters. The molecule has 1 aromatic carbocycles. The monoisotopic (exact) mass is 301 g/mol. The second-order valence-electron chi connectivity index (χ2n) is 6.09. The maximum atomic E-state index is 12.5. The van der Waals surface area contributed by atoms with E-state index >= 15 is 0 Å². The Labute approximate surface area is 123 Å². The Morgan fingerprint density at radius 2 is 1.76 bits per heavy atom. The molecule has 0 aromatic heterocycles. The smallest absolute Gasteiger partial charge is 0.389 e. The molecule has 1 unspecified atom stereocenters. The highest BCUT2D eigenvalue weighted by atomic mass is 19.4. The van der Waals surface area contributed by atoms with Gasteiger partial charge in [-0.05, 0) is 24.3 Å². The number of hydrogen-bond acceptors (Lipinski definition) is 2. The summed E-state index contributed by atoms with van der Waals surface area (Å²) in [5, 5.41) is 10.5. The van der Waals surface area contributed by atoms with E-state index in [2.05, 4.69) is 4.90 Å². The van der Waals surface area contributed by atoms with Crippen molar-refractivity contribution in [2.45, 2.75) is 44.5 Å². The van der Waals surface area contributed by atoms with E-state index in [9.17, 15) is 18.3 Å². The van der Waals surface area contributed by atoms with Gasteiger partial charge in [0.25, 0.3) is 0 Å². The average Bonchev–Trinajstić information content (AvgIpc) is 2.41. The maximum Gasteiger partial charge on any atom is 0.389 e. The van der Waals surface area contributed by atoms with Crippen LogP contribution in [0.1, 0.15) is 31.7 Å². The first-order valence-electron chi connectivity index (χ1n) is 7.34. The minimum absolute atomic E-state index is 0.400. The van der Waals surface area contributed by atoms with Crippen molar-refractivity contribution in [3.05, 3.63) is 35.9 Å². The van der Waals surface area contributed by atoms with Crippen LogP contribution < -0.4 is 0 Å². The van der Waals surface area contributed by atoms with E-state index < -0.39 is 24.1 Å². The van der Waals surface area contributed by atoms with Gasteiger partial charge in [-0.1, -0.05) is 37.3 Å². The SMILES string of the molecule is CC(CC(F)(F)F)C1(O)CCN(Cc2ccccc2)CC1. The molecular weight excluding hydrogens is 279 g/mol. The van der Waals surface area contributed by atoms with E-state index in [0.29, 0.717) is 25.9 Å². The third-order valence-corrected chi connectivity index (χ3v) is 4.43. The zero-order valence-electron chi connectivity index (χ0n) is 12.2. The van der Waals surface area contributed by atoms with E-state index in [0.717, 1.165) is 6.54 Å². The molecule has 0 bridgehead atoms. The molecule has 0 aliphatic carbocycles. The van der Waals surface area contributed by atoms with Crippen LogP contribution in [0.4, 0.5) is 13.2 Å². The zero-order valence-corrected chi connectivity index (χ0v) is 12.2. The van der Waals surface area contributed by atoms with Crippen LogP contribution in [-0.4, -0.2) is 34.9 Å². The molecule has 2 nitrogen and oxygen atoms in total. The van der Waals surface area contributed by atoms with Crippen molar-refractivity contribution in [3.8, 4) is 0 Å². The van der Waals surface area contributed by atoms with Gasteiger partial charge < -0.3 is 5.11 Å². The van der Waals surface area contributed by atoms with Crippen molar-refractivity contribution in [2.75, 3.05) is 13.1 Å². The summed E-state index contributed by atoms with van der Waals surface area (Å²) in [6.07, 6.45) is -4.33. The highest BCUT2D eigenvalue weighted by Crippen LogP contribution is 2.37. The molecule has 1 fully saturated rings. The van der Waals surface area contributed by atoms with Gasteiger partial charge in [0, 0.05) is 26.1 Å². The molecule has 1 aliphatic heterocycles. The van der Waals surface area contributed by atoms with Gasteiger partial charge in [-0.25, -0.2) is 0 Å². The highest BCUT2D eigenvalue weighted by molar-refractivity contribution is 5.14. The van der Waals surface area contributed by atoms with Crippen LogP contribution in [0, 0.1) is 5.92 Å². The highest BCUT2D eigenvalue weighted by Gasteiger charge is 2.42. The average molecular weight is 301 g/mol. The predicted octanol–water partition coefficient (Wildman–Crippen LogP) is 3.60. The zero-order chi connectivity index (χ0) is 15.5. The molecule has 1 saturated heterocycles. The topological polar surface area (TPSA) is 23.5 Å². The first-order chi connectivity index (χ1) is 9.78. The van der Waals surface area contributed by atoms with Crippen molar-refractivity contribution in [1.82, 2.24) is 4.90 Å². The molecule has 21 heavy (non-hydrogen) atoms.